The van der Waals surface area contributed by atoms with Crippen LogP contribution in [0.5, 0.6) is 0 Å². The van der Waals surface area contributed by atoms with Gasteiger partial charge in [0.2, 0.25) is 11.9 Å². The quantitative estimate of drug-likeness (QED) is 0.300. The number of rotatable bonds is 9. The number of carbonyl (C=O) groups excluding carboxylic acids is 4. The van der Waals surface area contributed by atoms with E-state index >= 15 is 0 Å². The summed E-state index contributed by atoms with van der Waals surface area (Å²) in [6.07, 6.45) is -0.558. The number of hydrogen-bond donors (Lipinski definition) is 1. The lowest BCUT2D eigenvalue weighted by atomic mass is 9.90. The molecule has 1 N–H and O–H groups in total. The van der Waals surface area contributed by atoms with Crippen LogP contribution in [0.2, 0.25) is 10.0 Å². The molecule has 1 amide bonds. The summed E-state index contributed by atoms with van der Waals surface area (Å²) in [7, 11) is 0. The van der Waals surface area contributed by atoms with Crippen molar-refractivity contribution in [1.82, 2.24) is 5.32 Å². The molecule has 0 radical (unpaired) electrons. The number of Topliss-reactive ketones (excluding diaryl/α,β-unsaturated/α-hetero) is 1. The molecule has 0 atom stereocenters. The van der Waals surface area contributed by atoms with Gasteiger partial charge in [-0.3, -0.25) is 9.59 Å². The second kappa shape index (κ2) is 9.39. The zero-order valence-electron chi connectivity index (χ0n) is 13.6. The van der Waals surface area contributed by atoms with Gasteiger partial charge in [0.05, 0.1) is 29.7 Å². The molecule has 0 aromatic heterocycles. The molecule has 9 heteroatoms. The first kappa shape index (κ1) is 20.9. The lowest BCUT2D eigenvalue weighted by Crippen LogP contribution is -2.60. The van der Waals surface area contributed by atoms with Crippen LogP contribution in [0.4, 0.5) is 0 Å². The van der Waals surface area contributed by atoms with Crippen LogP contribution in [-0.4, -0.2) is 42.9 Å². The fourth-order valence-corrected chi connectivity index (χ4v) is 2.32. The van der Waals surface area contributed by atoms with Crippen molar-refractivity contribution in [2.24, 2.45) is 0 Å². The summed E-state index contributed by atoms with van der Waals surface area (Å²) in [6, 6.07) is 4.09. The second-order valence-electron chi connectivity index (χ2n) is 4.84. The molecule has 0 fully saturated rings. The molecule has 7 nitrogen and oxygen atoms in total. The van der Waals surface area contributed by atoms with E-state index in [1.54, 1.807) is 0 Å². The minimum Gasteiger partial charge on any atom is -0.464 e. The fourth-order valence-electron chi connectivity index (χ4n) is 2.02. The van der Waals surface area contributed by atoms with Crippen molar-refractivity contribution in [1.29, 1.82) is 0 Å². The van der Waals surface area contributed by atoms with Crippen molar-refractivity contribution in [3.63, 3.8) is 0 Å². The van der Waals surface area contributed by atoms with Gasteiger partial charge in [-0.05, 0) is 32.0 Å². The lowest BCUT2D eigenvalue weighted by molar-refractivity contribution is -0.167. The van der Waals surface area contributed by atoms with Gasteiger partial charge in [-0.25, -0.2) is 9.59 Å². The predicted molar refractivity (Wildman–Crippen MR) is 90.6 cm³/mol. The van der Waals surface area contributed by atoms with Crippen molar-refractivity contribution in [3.8, 4) is 0 Å². The van der Waals surface area contributed by atoms with Gasteiger partial charge >= 0.3 is 11.9 Å². The van der Waals surface area contributed by atoms with Crippen molar-refractivity contribution in [3.05, 3.63) is 33.8 Å². The third-order valence-corrected chi connectivity index (χ3v) is 3.96. The van der Waals surface area contributed by atoms with Crippen molar-refractivity contribution in [2.45, 2.75) is 25.8 Å². The van der Waals surface area contributed by atoms with Gasteiger partial charge in [0.25, 0.3) is 0 Å². The zero-order chi connectivity index (χ0) is 19.0. The summed E-state index contributed by atoms with van der Waals surface area (Å²) in [6.45, 7) is 2.94. The van der Waals surface area contributed by atoms with Gasteiger partial charge in [0.1, 0.15) is 0 Å². The molecular weight excluding hydrogens is 373 g/mol. The molecule has 25 heavy (non-hydrogen) atoms. The fraction of sp³-hybridized carbons (Fsp3) is 0.375. The van der Waals surface area contributed by atoms with Gasteiger partial charge in [0.15, 0.2) is 5.78 Å². The molecule has 0 heterocycles. The van der Waals surface area contributed by atoms with Gasteiger partial charge in [0, 0.05) is 5.56 Å². The Bertz CT molecular complexity index is 659. The first-order chi connectivity index (χ1) is 11.8. The van der Waals surface area contributed by atoms with E-state index in [2.05, 4.69) is 5.32 Å². The molecular formula is C16H17Cl2NO6. The summed E-state index contributed by atoms with van der Waals surface area (Å²) in [5.74, 6) is -2.81. The highest BCUT2D eigenvalue weighted by atomic mass is 35.5. The monoisotopic (exact) mass is 389 g/mol. The summed E-state index contributed by atoms with van der Waals surface area (Å²) < 4.78 is 9.69. The minimum atomic E-state index is -2.28. The Morgan fingerprint density at radius 2 is 1.64 bits per heavy atom. The topological polar surface area (TPSA) is 98.8 Å². The third kappa shape index (κ3) is 4.93. The molecule has 0 aliphatic carbocycles. The average Bonchev–Trinajstić information content (AvgIpc) is 2.57. The van der Waals surface area contributed by atoms with Crippen LogP contribution in [0, 0.1) is 0 Å². The van der Waals surface area contributed by atoms with Gasteiger partial charge < -0.3 is 14.8 Å². The first-order valence-electron chi connectivity index (χ1n) is 7.36. The molecule has 0 saturated heterocycles. The average molecular weight is 390 g/mol. The molecule has 1 rings (SSSR count). The molecule has 0 aliphatic heterocycles. The number of ether oxygens (including phenoxy) is 2. The molecule has 0 unspecified atom stereocenters. The van der Waals surface area contributed by atoms with E-state index < -0.39 is 29.7 Å². The van der Waals surface area contributed by atoms with Gasteiger partial charge in [-0.15, -0.1) is 0 Å². The summed E-state index contributed by atoms with van der Waals surface area (Å²) in [5, 5.41) is 2.46. The van der Waals surface area contributed by atoms with E-state index in [1.165, 1.54) is 32.0 Å². The number of esters is 2. The number of hydrogen-bond acceptors (Lipinski definition) is 6. The molecule has 136 valence electrons. The normalized spacial score (nSPS) is 10.7. The van der Waals surface area contributed by atoms with Crippen molar-refractivity contribution >= 4 is 47.3 Å². The summed E-state index contributed by atoms with van der Waals surface area (Å²) in [4.78, 5) is 48.2. The van der Waals surface area contributed by atoms with Crippen molar-refractivity contribution in [2.75, 3.05) is 13.2 Å². The van der Waals surface area contributed by atoms with Gasteiger partial charge in [-0.2, -0.15) is 0 Å². The largest absolute Gasteiger partial charge is 0.464 e. The molecule has 1 aromatic carbocycles. The van der Waals surface area contributed by atoms with Crippen LogP contribution in [0.3, 0.4) is 0 Å². The lowest BCUT2D eigenvalue weighted by Gasteiger charge is -2.27. The highest BCUT2D eigenvalue weighted by Crippen LogP contribution is 2.25. The number of amides is 1. The van der Waals surface area contributed by atoms with E-state index in [4.69, 9.17) is 32.7 Å². The SMILES string of the molecule is CCOC(=O)C(CC(=O)c1ccc(Cl)c(Cl)c1)(NC=O)C(=O)OCC. The highest BCUT2D eigenvalue weighted by Gasteiger charge is 2.50. The van der Waals surface area contributed by atoms with Crippen LogP contribution in [-0.2, 0) is 23.9 Å². The molecule has 0 saturated carbocycles. The number of ketones is 1. The molecule has 1 aromatic rings. The van der Waals surface area contributed by atoms with Crippen LogP contribution in [0.25, 0.3) is 0 Å². The van der Waals surface area contributed by atoms with E-state index in [0.717, 1.165) is 0 Å². The maximum Gasteiger partial charge on any atom is 0.344 e. The van der Waals surface area contributed by atoms with Crippen LogP contribution < -0.4 is 5.32 Å². The zero-order valence-corrected chi connectivity index (χ0v) is 15.1. The number of halogens is 2. The maximum atomic E-state index is 12.5. The summed E-state index contributed by atoms with van der Waals surface area (Å²) >= 11 is 11.7. The van der Waals surface area contributed by atoms with Crippen molar-refractivity contribution < 1.29 is 28.7 Å². The Morgan fingerprint density at radius 1 is 1.08 bits per heavy atom. The molecule has 0 spiro atoms. The smallest absolute Gasteiger partial charge is 0.344 e. The molecule has 0 aliphatic rings. The van der Waals surface area contributed by atoms with E-state index in [1.807, 2.05) is 0 Å². The maximum absolute atomic E-state index is 12.5. The Labute approximate surface area is 154 Å². The predicted octanol–water partition coefficient (Wildman–Crippen LogP) is 2.18. The van der Waals surface area contributed by atoms with Gasteiger partial charge in [-0.1, -0.05) is 23.2 Å². The Kier molecular flexibility index (Phi) is 7.86. The van der Waals surface area contributed by atoms with E-state index in [0.29, 0.717) is 0 Å². The van der Waals surface area contributed by atoms with E-state index in [9.17, 15) is 19.2 Å². The number of benzene rings is 1. The first-order valence-corrected chi connectivity index (χ1v) is 8.12. The Hall–Kier alpha value is -2.12. The highest BCUT2D eigenvalue weighted by molar-refractivity contribution is 6.42. The molecule has 0 bridgehead atoms. The van der Waals surface area contributed by atoms with Crippen LogP contribution in [0.1, 0.15) is 30.6 Å². The number of nitrogens with one attached hydrogen (secondary N) is 1. The minimum absolute atomic E-state index is 0.0541. The van der Waals surface area contributed by atoms with E-state index in [-0.39, 0.29) is 35.2 Å². The Morgan fingerprint density at radius 3 is 2.08 bits per heavy atom. The summed E-state index contributed by atoms with van der Waals surface area (Å²) in [5.41, 5.74) is -2.17. The van der Waals surface area contributed by atoms with Crippen LogP contribution >= 0.6 is 23.2 Å². The second-order valence-corrected chi connectivity index (χ2v) is 5.65. The third-order valence-electron chi connectivity index (χ3n) is 3.22. The Balaban J connectivity index is 3.27. The van der Waals surface area contributed by atoms with Crippen LogP contribution in [0.15, 0.2) is 18.2 Å². The number of carbonyl (C=O) groups is 4. The standard InChI is InChI=1S/C16H17Cl2NO6/c1-3-24-14(22)16(19-9-20,15(23)25-4-2)8-13(21)10-5-6-11(17)12(18)7-10/h5-7,9H,3-4,8H2,1-2H3,(H,19,20).